The molecule has 0 amide bonds. The van der Waals surface area contributed by atoms with Crippen molar-refractivity contribution in [1.82, 2.24) is 19.3 Å². The zero-order valence-electron chi connectivity index (χ0n) is 9.61. The number of hydrogen-bond donors (Lipinski definition) is 1. The number of nitrogens with zero attached hydrogens (tertiary/aromatic N) is 3. The van der Waals surface area contributed by atoms with E-state index < -0.39 is 11.4 Å². The first-order valence-electron chi connectivity index (χ1n) is 4.94. The van der Waals surface area contributed by atoms with Crippen LogP contribution in [0.5, 0.6) is 0 Å². The van der Waals surface area contributed by atoms with Gasteiger partial charge in [0, 0.05) is 7.05 Å². The summed E-state index contributed by atoms with van der Waals surface area (Å²) in [5, 5.41) is 2.88. The fraction of sp³-hybridized carbons (Fsp3) is 0.300. The summed E-state index contributed by atoms with van der Waals surface area (Å²) in [6, 6.07) is 1.68. The van der Waals surface area contributed by atoms with Crippen molar-refractivity contribution in [2.24, 2.45) is 7.05 Å². The molecule has 0 saturated heterocycles. The Morgan fingerprint density at radius 2 is 2.00 bits per heavy atom. The summed E-state index contributed by atoms with van der Waals surface area (Å²) in [5.41, 5.74) is 0.254. The summed E-state index contributed by atoms with van der Waals surface area (Å²) in [6.07, 6.45) is 0. The van der Waals surface area contributed by atoms with Gasteiger partial charge in [0.25, 0.3) is 0 Å². The van der Waals surface area contributed by atoms with Crippen molar-refractivity contribution in [2.45, 2.75) is 13.8 Å². The highest BCUT2D eigenvalue weighted by molar-refractivity contribution is 6.31. The summed E-state index contributed by atoms with van der Waals surface area (Å²) < 4.78 is 2.09. The van der Waals surface area contributed by atoms with Crippen LogP contribution in [-0.2, 0) is 7.05 Å². The summed E-state index contributed by atoms with van der Waals surface area (Å²) in [4.78, 5) is 27.6. The van der Waals surface area contributed by atoms with E-state index in [4.69, 9.17) is 11.6 Å². The lowest BCUT2D eigenvalue weighted by molar-refractivity contribution is 0.721. The third kappa shape index (κ3) is 1.80. The van der Waals surface area contributed by atoms with Crippen LogP contribution < -0.4 is 11.4 Å². The minimum atomic E-state index is -0.519. The van der Waals surface area contributed by atoms with E-state index in [1.54, 1.807) is 19.9 Å². The van der Waals surface area contributed by atoms with Gasteiger partial charge in [-0.2, -0.15) is 4.57 Å². The highest BCUT2D eigenvalue weighted by atomic mass is 35.5. The molecule has 0 aliphatic rings. The Balaban J connectivity index is 2.82. The van der Waals surface area contributed by atoms with Crippen LogP contribution in [0.25, 0.3) is 5.82 Å². The Bertz CT molecular complexity index is 695. The van der Waals surface area contributed by atoms with Gasteiger partial charge in [0.1, 0.15) is 5.82 Å². The average Bonchev–Trinajstić information content (AvgIpc) is 2.48. The maximum atomic E-state index is 11.8. The number of aromatic nitrogens is 4. The minimum Gasteiger partial charge on any atom is -0.246 e. The molecule has 17 heavy (non-hydrogen) atoms. The monoisotopic (exact) mass is 254 g/mol. The second-order valence-corrected chi connectivity index (χ2v) is 4.20. The van der Waals surface area contributed by atoms with E-state index >= 15 is 0 Å². The predicted octanol–water partition coefficient (Wildman–Crippen LogP) is 0.530. The Morgan fingerprint density at radius 3 is 2.53 bits per heavy atom. The van der Waals surface area contributed by atoms with Crippen LogP contribution in [0.2, 0.25) is 5.02 Å². The molecule has 0 saturated carbocycles. The SMILES string of the molecule is Cc1cc(Cl)c(C)nc1-n1c(=O)[nH]n(C)c1=O. The molecule has 2 heterocycles. The fourth-order valence-corrected chi connectivity index (χ4v) is 1.76. The standard InChI is InChI=1S/C10H11ClN4O2/c1-5-4-7(11)6(2)12-8(5)15-9(16)13-14(3)10(15)17/h4H,1-3H3,(H,13,16). The zero-order valence-corrected chi connectivity index (χ0v) is 10.4. The Kier molecular flexibility index (Phi) is 2.66. The second-order valence-electron chi connectivity index (χ2n) is 3.79. The lowest BCUT2D eigenvalue weighted by atomic mass is 10.2. The Hall–Kier alpha value is -1.82. The van der Waals surface area contributed by atoms with Crippen molar-refractivity contribution < 1.29 is 0 Å². The smallest absolute Gasteiger partial charge is 0.246 e. The maximum Gasteiger partial charge on any atom is 0.352 e. The molecule has 90 valence electrons. The normalized spacial score (nSPS) is 10.8. The molecule has 7 heteroatoms. The number of halogens is 1. The van der Waals surface area contributed by atoms with Gasteiger partial charge in [-0.3, -0.25) is 0 Å². The van der Waals surface area contributed by atoms with Crippen molar-refractivity contribution in [3.63, 3.8) is 0 Å². The molecule has 6 nitrogen and oxygen atoms in total. The second kappa shape index (κ2) is 3.89. The molecule has 2 rings (SSSR count). The molecule has 0 fully saturated rings. The topological polar surface area (TPSA) is 72.7 Å². The molecule has 0 radical (unpaired) electrons. The van der Waals surface area contributed by atoms with Crippen LogP contribution >= 0.6 is 11.6 Å². The molecule has 1 N–H and O–H groups in total. The van der Waals surface area contributed by atoms with Crippen LogP contribution in [0.4, 0.5) is 0 Å². The van der Waals surface area contributed by atoms with Gasteiger partial charge in [0.05, 0.1) is 10.7 Å². The minimum absolute atomic E-state index is 0.304. The van der Waals surface area contributed by atoms with Gasteiger partial charge in [0.2, 0.25) is 0 Å². The lowest BCUT2D eigenvalue weighted by Gasteiger charge is -2.06. The number of pyridine rings is 1. The quantitative estimate of drug-likeness (QED) is 0.807. The fourth-order valence-electron chi connectivity index (χ4n) is 1.55. The number of rotatable bonds is 1. The van der Waals surface area contributed by atoms with Gasteiger partial charge in [-0.05, 0) is 25.5 Å². The number of nitrogens with one attached hydrogen (secondary N) is 1. The third-order valence-corrected chi connectivity index (χ3v) is 2.85. The van der Waals surface area contributed by atoms with E-state index in [2.05, 4.69) is 10.1 Å². The average molecular weight is 255 g/mol. The molecular weight excluding hydrogens is 244 g/mol. The van der Waals surface area contributed by atoms with E-state index in [1.165, 1.54) is 7.05 Å². The number of H-pyrrole nitrogens is 1. The largest absolute Gasteiger partial charge is 0.352 e. The first-order valence-corrected chi connectivity index (χ1v) is 5.32. The first-order chi connectivity index (χ1) is 7.91. The van der Waals surface area contributed by atoms with Crippen molar-refractivity contribution in [2.75, 3.05) is 0 Å². The number of hydrogen-bond acceptors (Lipinski definition) is 3. The number of aryl methyl sites for hydroxylation is 3. The first kappa shape index (κ1) is 11.7. The molecule has 0 atom stereocenters. The van der Waals surface area contributed by atoms with E-state index in [1.807, 2.05) is 0 Å². The summed E-state index contributed by atoms with van der Waals surface area (Å²) in [5.74, 6) is 0.304. The summed E-state index contributed by atoms with van der Waals surface area (Å²) in [6.45, 7) is 3.46. The van der Waals surface area contributed by atoms with Crippen molar-refractivity contribution in [3.8, 4) is 5.82 Å². The molecule has 0 spiro atoms. The van der Waals surface area contributed by atoms with Crippen molar-refractivity contribution >= 4 is 11.6 Å². The molecule has 0 bridgehead atoms. The summed E-state index contributed by atoms with van der Waals surface area (Å²) in [7, 11) is 1.47. The molecule has 0 aliphatic heterocycles. The van der Waals surface area contributed by atoms with Crippen LogP contribution in [0, 0.1) is 13.8 Å². The van der Waals surface area contributed by atoms with E-state index in [-0.39, 0.29) is 0 Å². The van der Waals surface area contributed by atoms with Crippen molar-refractivity contribution in [3.05, 3.63) is 43.3 Å². The highest BCUT2D eigenvalue weighted by Gasteiger charge is 2.13. The van der Waals surface area contributed by atoms with Crippen LogP contribution in [0.3, 0.4) is 0 Å². The van der Waals surface area contributed by atoms with Crippen molar-refractivity contribution in [1.29, 1.82) is 0 Å². The van der Waals surface area contributed by atoms with Gasteiger partial charge >= 0.3 is 11.4 Å². The highest BCUT2D eigenvalue weighted by Crippen LogP contribution is 2.18. The zero-order chi connectivity index (χ0) is 12.7. The molecule has 2 aromatic heterocycles. The Morgan fingerprint density at radius 1 is 1.35 bits per heavy atom. The van der Waals surface area contributed by atoms with E-state index in [9.17, 15) is 9.59 Å². The summed E-state index contributed by atoms with van der Waals surface area (Å²) >= 11 is 5.92. The van der Waals surface area contributed by atoms with Gasteiger partial charge < -0.3 is 0 Å². The van der Waals surface area contributed by atoms with Crippen LogP contribution in [0.15, 0.2) is 15.7 Å². The lowest BCUT2D eigenvalue weighted by Crippen LogP contribution is -2.28. The van der Waals surface area contributed by atoms with Gasteiger partial charge in [-0.1, -0.05) is 11.6 Å². The van der Waals surface area contributed by atoms with Gasteiger partial charge in [-0.25, -0.2) is 24.4 Å². The maximum absolute atomic E-state index is 11.8. The third-order valence-electron chi connectivity index (χ3n) is 2.47. The van der Waals surface area contributed by atoms with E-state index in [0.29, 0.717) is 22.1 Å². The Labute approximate surface area is 101 Å². The predicted molar refractivity (Wildman–Crippen MR) is 63.9 cm³/mol. The van der Waals surface area contributed by atoms with Gasteiger partial charge in [0.15, 0.2) is 0 Å². The molecule has 2 aromatic rings. The molecule has 0 unspecified atom stereocenters. The number of aromatic amines is 1. The van der Waals surface area contributed by atoms with Crippen LogP contribution in [0.1, 0.15) is 11.3 Å². The van der Waals surface area contributed by atoms with Crippen LogP contribution in [-0.4, -0.2) is 19.3 Å². The molecular formula is C10H11ClN4O2. The molecule has 0 aromatic carbocycles. The van der Waals surface area contributed by atoms with E-state index in [0.717, 1.165) is 9.25 Å². The van der Waals surface area contributed by atoms with Gasteiger partial charge in [-0.15, -0.1) is 0 Å². The molecule has 0 aliphatic carbocycles.